The van der Waals surface area contributed by atoms with Crippen LogP contribution >= 0.6 is 0 Å². The van der Waals surface area contributed by atoms with E-state index in [0.29, 0.717) is 5.92 Å². The number of ether oxygens (including phenoxy) is 1. The number of aromatic nitrogens is 2. The molecule has 1 aliphatic carbocycles. The minimum Gasteiger partial charge on any atom is -0.379 e. The van der Waals surface area contributed by atoms with Crippen molar-refractivity contribution in [2.75, 3.05) is 14.2 Å². The maximum absolute atomic E-state index is 5.63. The number of methoxy groups -OCH3 is 1. The topological polar surface area (TPSA) is 39.1 Å². The zero-order valence-electron chi connectivity index (χ0n) is 10.3. The van der Waals surface area contributed by atoms with Gasteiger partial charge < -0.3 is 14.6 Å². The highest BCUT2D eigenvalue weighted by Crippen LogP contribution is 2.39. The van der Waals surface area contributed by atoms with E-state index < -0.39 is 0 Å². The molecule has 0 bridgehead atoms. The standard InChI is InChI=1S/C12H21N3O/c1-4-15-8-7-14-12(15)10(13-2)11(16-3)9-5-6-9/h7-11,13H,4-6H2,1-3H3. The molecule has 4 heteroatoms. The third kappa shape index (κ3) is 2.13. The third-order valence-corrected chi connectivity index (χ3v) is 3.36. The van der Waals surface area contributed by atoms with Crippen LogP contribution in [0.2, 0.25) is 0 Å². The maximum atomic E-state index is 5.63. The molecule has 16 heavy (non-hydrogen) atoms. The third-order valence-electron chi connectivity index (χ3n) is 3.36. The summed E-state index contributed by atoms with van der Waals surface area (Å²) in [5.74, 6) is 1.79. The highest BCUT2D eigenvalue weighted by atomic mass is 16.5. The average molecular weight is 223 g/mol. The molecule has 90 valence electrons. The normalized spacial score (nSPS) is 19.7. The number of hydrogen-bond acceptors (Lipinski definition) is 3. The molecule has 4 nitrogen and oxygen atoms in total. The van der Waals surface area contributed by atoms with E-state index >= 15 is 0 Å². The van der Waals surface area contributed by atoms with Gasteiger partial charge in [0.05, 0.1) is 12.1 Å². The van der Waals surface area contributed by atoms with E-state index in [1.54, 1.807) is 7.11 Å². The smallest absolute Gasteiger partial charge is 0.128 e. The fraction of sp³-hybridized carbons (Fsp3) is 0.750. The Balaban J connectivity index is 2.20. The Morgan fingerprint density at radius 2 is 2.38 bits per heavy atom. The molecule has 0 radical (unpaired) electrons. The van der Waals surface area contributed by atoms with Gasteiger partial charge in [0, 0.05) is 26.0 Å². The number of hydrogen-bond donors (Lipinski definition) is 1. The number of nitrogens with zero attached hydrogens (tertiary/aromatic N) is 2. The Morgan fingerprint density at radius 1 is 1.62 bits per heavy atom. The van der Waals surface area contributed by atoms with E-state index in [4.69, 9.17) is 4.74 Å². The second kappa shape index (κ2) is 4.97. The molecule has 0 saturated heterocycles. The number of likely N-dealkylation sites (N-methyl/N-ethyl adjacent to an activating group) is 1. The number of rotatable bonds is 6. The van der Waals surface area contributed by atoms with Crippen LogP contribution < -0.4 is 5.32 Å². The van der Waals surface area contributed by atoms with Crippen molar-refractivity contribution in [1.29, 1.82) is 0 Å². The Hall–Kier alpha value is -0.870. The van der Waals surface area contributed by atoms with Gasteiger partial charge in [-0.15, -0.1) is 0 Å². The van der Waals surface area contributed by atoms with E-state index in [-0.39, 0.29) is 12.1 Å². The van der Waals surface area contributed by atoms with Gasteiger partial charge in [-0.05, 0) is 32.7 Å². The van der Waals surface area contributed by atoms with Crippen molar-refractivity contribution in [3.05, 3.63) is 18.2 Å². The van der Waals surface area contributed by atoms with Gasteiger partial charge in [-0.25, -0.2) is 4.98 Å². The largest absolute Gasteiger partial charge is 0.379 e. The zero-order valence-corrected chi connectivity index (χ0v) is 10.3. The van der Waals surface area contributed by atoms with Crippen LogP contribution in [0.4, 0.5) is 0 Å². The van der Waals surface area contributed by atoms with Crippen molar-refractivity contribution in [3.63, 3.8) is 0 Å². The predicted molar refractivity (Wildman–Crippen MR) is 63.2 cm³/mol. The maximum Gasteiger partial charge on any atom is 0.128 e. The SMILES string of the molecule is CCn1ccnc1C(NC)C(OC)C1CC1. The molecule has 2 rings (SSSR count). The van der Waals surface area contributed by atoms with Gasteiger partial charge in [0.25, 0.3) is 0 Å². The fourth-order valence-electron chi connectivity index (χ4n) is 2.33. The molecule has 1 aliphatic rings. The van der Waals surface area contributed by atoms with Crippen LogP contribution in [0.3, 0.4) is 0 Å². The van der Waals surface area contributed by atoms with Crippen LogP contribution in [0.1, 0.15) is 31.6 Å². The van der Waals surface area contributed by atoms with Crippen molar-refractivity contribution in [3.8, 4) is 0 Å². The van der Waals surface area contributed by atoms with E-state index in [0.717, 1.165) is 12.4 Å². The molecule has 0 aliphatic heterocycles. The second-order valence-electron chi connectivity index (χ2n) is 4.38. The monoisotopic (exact) mass is 223 g/mol. The molecule has 0 amide bonds. The Morgan fingerprint density at radius 3 is 2.88 bits per heavy atom. The summed E-state index contributed by atoms with van der Waals surface area (Å²) >= 11 is 0. The molecule has 1 aromatic heterocycles. The van der Waals surface area contributed by atoms with Crippen molar-refractivity contribution in [2.45, 2.75) is 38.5 Å². The Labute approximate surface area is 97.0 Å². The van der Waals surface area contributed by atoms with Crippen molar-refractivity contribution >= 4 is 0 Å². The van der Waals surface area contributed by atoms with Gasteiger partial charge in [0.1, 0.15) is 5.82 Å². The van der Waals surface area contributed by atoms with E-state index in [1.807, 2.05) is 19.4 Å². The van der Waals surface area contributed by atoms with Crippen molar-refractivity contribution in [2.24, 2.45) is 5.92 Å². The van der Waals surface area contributed by atoms with Gasteiger partial charge in [-0.3, -0.25) is 0 Å². The quantitative estimate of drug-likeness (QED) is 0.796. The van der Waals surface area contributed by atoms with Crippen molar-refractivity contribution in [1.82, 2.24) is 14.9 Å². The van der Waals surface area contributed by atoms with Crippen LogP contribution in [0.25, 0.3) is 0 Å². The summed E-state index contributed by atoms with van der Waals surface area (Å²) in [5, 5.41) is 3.34. The Bertz CT molecular complexity index is 333. The summed E-state index contributed by atoms with van der Waals surface area (Å²) < 4.78 is 7.81. The molecule has 0 aromatic carbocycles. The first-order valence-electron chi connectivity index (χ1n) is 6.02. The lowest BCUT2D eigenvalue weighted by atomic mass is 10.1. The van der Waals surface area contributed by atoms with Gasteiger partial charge in [-0.2, -0.15) is 0 Å². The lowest BCUT2D eigenvalue weighted by Crippen LogP contribution is -2.34. The van der Waals surface area contributed by atoms with Crippen LogP contribution in [-0.4, -0.2) is 29.8 Å². The van der Waals surface area contributed by atoms with Gasteiger partial charge >= 0.3 is 0 Å². The van der Waals surface area contributed by atoms with Crippen LogP contribution in [0.15, 0.2) is 12.4 Å². The number of imidazole rings is 1. The molecule has 1 aromatic rings. The summed E-state index contributed by atoms with van der Waals surface area (Å²) in [6.07, 6.45) is 6.70. The zero-order chi connectivity index (χ0) is 11.5. The fourth-order valence-corrected chi connectivity index (χ4v) is 2.33. The molecular weight excluding hydrogens is 202 g/mol. The summed E-state index contributed by atoms with van der Waals surface area (Å²) in [6.45, 7) is 3.09. The van der Waals surface area contributed by atoms with E-state index in [9.17, 15) is 0 Å². The second-order valence-corrected chi connectivity index (χ2v) is 4.38. The first kappa shape index (κ1) is 11.6. The summed E-state index contributed by atoms with van der Waals surface area (Å²) in [7, 11) is 3.78. The molecule has 1 fully saturated rings. The minimum atomic E-state index is 0.201. The molecule has 2 unspecified atom stereocenters. The first-order valence-corrected chi connectivity index (χ1v) is 6.02. The molecular formula is C12H21N3O. The van der Waals surface area contributed by atoms with Crippen molar-refractivity contribution < 1.29 is 4.74 Å². The molecule has 1 saturated carbocycles. The van der Waals surface area contributed by atoms with E-state index in [1.165, 1.54) is 12.8 Å². The molecule has 1 heterocycles. The number of aryl methyl sites for hydroxylation is 1. The van der Waals surface area contributed by atoms with Gasteiger partial charge in [0.15, 0.2) is 0 Å². The average Bonchev–Trinajstić information content (AvgIpc) is 3.03. The van der Waals surface area contributed by atoms with Crippen LogP contribution in [0.5, 0.6) is 0 Å². The molecule has 1 N–H and O–H groups in total. The summed E-state index contributed by atoms with van der Waals surface area (Å²) in [4.78, 5) is 4.46. The minimum absolute atomic E-state index is 0.201. The van der Waals surface area contributed by atoms with Gasteiger partial charge in [0.2, 0.25) is 0 Å². The van der Waals surface area contributed by atoms with E-state index in [2.05, 4.69) is 21.8 Å². The Kier molecular flexibility index (Phi) is 3.61. The first-order chi connectivity index (χ1) is 7.81. The predicted octanol–water partition coefficient (Wildman–Crippen LogP) is 1.59. The van der Waals surface area contributed by atoms with Crippen LogP contribution in [0, 0.1) is 5.92 Å². The highest BCUT2D eigenvalue weighted by molar-refractivity contribution is 5.05. The lowest BCUT2D eigenvalue weighted by Gasteiger charge is -2.25. The number of nitrogens with one attached hydrogen (secondary N) is 1. The van der Waals surface area contributed by atoms with Crippen LogP contribution in [-0.2, 0) is 11.3 Å². The lowest BCUT2D eigenvalue weighted by molar-refractivity contribution is 0.0494. The summed E-state index contributed by atoms with van der Waals surface area (Å²) in [6, 6.07) is 0.201. The van der Waals surface area contributed by atoms with Gasteiger partial charge in [-0.1, -0.05) is 0 Å². The molecule has 0 spiro atoms. The highest BCUT2D eigenvalue weighted by Gasteiger charge is 2.38. The molecule has 2 atom stereocenters. The summed E-state index contributed by atoms with van der Waals surface area (Å²) in [5.41, 5.74) is 0.